The van der Waals surface area contributed by atoms with Crippen LogP contribution in [0.25, 0.3) is 11.4 Å². The molecule has 26 heavy (non-hydrogen) atoms. The largest absolute Gasteiger partial charge is 0.351 e. The molecular weight excluding hydrogens is 332 g/mol. The predicted molar refractivity (Wildman–Crippen MR) is 93.6 cm³/mol. The number of likely N-dealkylation sites (tertiary alicyclic amines) is 1. The summed E-state index contributed by atoms with van der Waals surface area (Å²) in [5, 5.41) is 7.88. The van der Waals surface area contributed by atoms with Crippen molar-refractivity contribution in [2.75, 3.05) is 13.1 Å². The van der Waals surface area contributed by atoms with E-state index in [-0.39, 0.29) is 11.8 Å². The van der Waals surface area contributed by atoms with Crippen molar-refractivity contribution in [2.24, 2.45) is 0 Å². The molecule has 1 amide bonds. The Hall–Kier alpha value is -2.96. The summed E-state index contributed by atoms with van der Waals surface area (Å²) < 4.78 is 10.5. The van der Waals surface area contributed by atoms with Crippen molar-refractivity contribution >= 4 is 5.91 Å². The van der Waals surface area contributed by atoms with E-state index in [9.17, 15) is 4.79 Å². The quantitative estimate of drug-likeness (QED) is 0.718. The summed E-state index contributed by atoms with van der Waals surface area (Å²) in [4.78, 5) is 18.8. The van der Waals surface area contributed by atoms with Gasteiger partial charge in [0.05, 0.1) is 5.69 Å². The molecule has 7 nitrogen and oxygen atoms in total. The second-order valence-corrected chi connectivity index (χ2v) is 6.72. The van der Waals surface area contributed by atoms with Crippen molar-refractivity contribution in [2.45, 2.75) is 32.6 Å². The van der Waals surface area contributed by atoms with E-state index < -0.39 is 0 Å². The third kappa shape index (κ3) is 3.24. The summed E-state index contributed by atoms with van der Waals surface area (Å²) >= 11 is 0. The van der Waals surface area contributed by atoms with E-state index in [1.54, 1.807) is 17.9 Å². The van der Waals surface area contributed by atoms with Gasteiger partial charge in [-0.25, -0.2) is 0 Å². The Morgan fingerprint density at radius 3 is 2.46 bits per heavy atom. The zero-order chi connectivity index (χ0) is 18.1. The molecule has 0 N–H and O–H groups in total. The molecule has 134 valence electrons. The van der Waals surface area contributed by atoms with E-state index in [0.29, 0.717) is 36.3 Å². The first-order valence-electron chi connectivity index (χ1n) is 8.73. The van der Waals surface area contributed by atoms with E-state index in [0.717, 1.165) is 18.4 Å². The molecule has 0 saturated carbocycles. The lowest BCUT2D eigenvalue weighted by Crippen LogP contribution is -2.37. The molecule has 2 aromatic heterocycles. The van der Waals surface area contributed by atoms with Crippen LogP contribution in [-0.4, -0.2) is 39.2 Å². The van der Waals surface area contributed by atoms with E-state index >= 15 is 0 Å². The molecule has 4 rings (SSSR count). The smallest absolute Gasteiger partial charge is 0.292 e. The number of amides is 1. The Kier molecular flexibility index (Phi) is 4.28. The zero-order valence-electron chi connectivity index (χ0n) is 14.8. The molecule has 3 aromatic rings. The molecule has 1 fully saturated rings. The Bertz CT molecular complexity index is 905. The van der Waals surface area contributed by atoms with Crippen LogP contribution >= 0.6 is 0 Å². The standard InChI is InChI=1S/C19H20N4O3/c1-12-3-5-14(6-4-12)17-20-18(26-22-17)15-7-9-23(10-8-15)19(24)16-11-13(2)21-25-16/h3-6,11,15H,7-10H2,1-2H3. The number of nitrogens with zero attached hydrogens (tertiary/aromatic N) is 4. The fourth-order valence-corrected chi connectivity index (χ4v) is 3.17. The van der Waals surface area contributed by atoms with Gasteiger partial charge in [0.15, 0.2) is 0 Å². The van der Waals surface area contributed by atoms with Crippen molar-refractivity contribution in [1.29, 1.82) is 0 Å². The van der Waals surface area contributed by atoms with E-state index in [1.807, 2.05) is 31.2 Å². The highest BCUT2D eigenvalue weighted by atomic mass is 16.5. The van der Waals surface area contributed by atoms with Crippen LogP contribution in [0.3, 0.4) is 0 Å². The molecular formula is C19H20N4O3. The van der Waals surface area contributed by atoms with Gasteiger partial charge in [-0.1, -0.05) is 40.1 Å². The van der Waals surface area contributed by atoms with Gasteiger partial charge in [0.25, 0.3) is 5.91 Å². The fraction of sp³-hybridized carbons (Fsp3) is 0.368. The van der Waals surface area contributed by atoms with Gasteiger partial charge in [0.1, 0.15) is 0 Å². The Morgan fingerprint density at radius 2 is 1.81 bits per heavy atom. The third-order valence-electron chi connectivity index (χ3n) is 4.72. The van der Waals surface area contributed by atoms with Crippen LogP contribution in [0, 0.1) is 13.8 Å². The normalized spacial score (nSPS) is 15.4. The molecule has 0 spiro atoms. The average Bonchev–Trinajstić information content (AvgIpc) is 3.31. The summed E-state index contributed by atoms with van der Waals surface area (Å²) in [5.74, 6) is 1.59. The molecule has 0 atom stereocenters. The van der Waals surface area contributed by atoms with Crippen molar-refractivity contribution in [3.05, 3.63) is 53.2 Å². The lowest BCUT2D eigenvalue weighted by molar-refractivity contribution is 0.0662. The Labute approximate surface area is 151 Å². The minimum absolute atomic E-state index is 0.116. The number of carbonyl (C=O) groups excluding carboxylic acids is 1. The van der Waals surface area contributed by atoms with Crippen LogP contribution < -0.4 is 0 Å². The van der Waals surface area contributed by atoms with Crippen LogP contribution in [0.4, 0.5) is 0 Å². The van der Waals surface area contributed by atoms with Gasteiger partial charge in [0.2, 0.25) is 17.5 Å². The number of hydrogen-bond acceptors (Lipinski definition) is 6. The van der Waals surface area contributed by atoms with Gasteiger partial charge in [-0.15, -0.1) is 0 Å². The van der Waals surface area contributed by atoms with Crippen LogP contribution in [0.1, 0.15) is 46.5 Å². The molecule has 0 aliphatic carbocycles. The Morgan fingerprint density at radius 1 is 1.08 bits per heavy atom. The Balaban J connectivity index is 1.40. The number of aromatic nitrogens is 3. The number of benzene rings is 1. The van der Waals surface area contributed by atoms with Gasteiger partial charge in [-0.05, 0) is 26.7 Å². The molecule has 1 saturated heterocycles. The highest BCUT2D eigenvalue weighted by Gasteiger charge is 2.29. The number of carbonyl (C=O) groups is 1. The number of aryl methyl sites for hydroxylation is 2. The van der Waals surface area contributed by atoms with E-state index in [1.165, 1.54) is 5.56 Å². The molecule has 7 heteroatoms. The lowest BCUT2D eigenvalue weighted by atomic mass is 9.96. The summed E-state index contributed by atoms with van der Waals surface area (Å²) in [7, 11) is 0. The first kappa shape index (κ1) is 16.5. The zero-order valence-corrected chi connectivity index (χ0v) is 14.8. The summed E-state index contributed by atoms with van der Waals surface area (Å²) in [6.45, 7) is 5.10. The first-order valence-corrected chi connectivity index (χ1v) is 8.73. The van der Waals surface area contributed by atoms with Gasteiger partial charge in [0, 0.05) is 30.6 Å². The molecule has 1 aliphatic rings. The minimum Gasteiger partial charge on any atom is -0.351 e. The maximum atomic E-state index is 12.4. The average molecular weight is 352 g/mol. The lowest BCUT2D eigenvalue weighted by Gasteiger charge is -2.29. The van der Waals surface area contributed by atoms with Gasteiger partial charge in [-0.2, -0.15) is 4.98 Å². The van der Waals surface area contributed by atoms with Crippen LogP contribution in [0.15, 0.2) is 39.4 Å². The van der Waals surface area contributed by atoms with Crippen molar-refractivity contribution in [3.8, 4) is 11.4 Å². The van der Waals surface area contributed by atoms with E-state index in [2.05, 4.69) is 15.3 Å². The summed E-state index contributed by atoms with van der Waals surface area (Å²) in [5.41, 5.74) is 2.84. The first-order chi connectivity index (χ1) is 12.6. The molecule has 1 aliphatic heterocycles. The molecule has 0 bridgehead atoms. The van der Waals surface area contributed by atoms with E-state index in [4.69, 9.17) is 9.05 Å². The van der Waals surface area contributed by atoms with Crippen LogP contribution in [0.2, 0.25) is 0 Å². The number of piperidine rings is 1. The SMILES string of the molecule is Cc1ccc(-c2noc(C3CCN(C(=O)c4cc(C)no4)CC3)n2)cc1. The van der Waals surface area contributed by atoms with Crippen molar-refractivity contribution in [1.82, 2.24) is 20.2 Å². The maximum absolute atomic E-state index is 12.4. The van der Waals surface area contributed by atoms with Crippen molar-refractivity contribution < 1.29 is 13.8 Å². The monoisotopic (exact) mass is 352 g/mol. The predicted octanol–water partition coefficient (Wildman–Crippen LogP) is 3.36. The molecule has 0 unspecified atom stereocenters. The maximum Gasteiger partial charge on any atom is 0.292 e. The van der Waals surface area contributed by atoms with Crippen LogP contribution in [-0.2, 0) is 0 Å². The second kappa shape index (κ2) is 6.74. The summed E-state index contributed by atoms with van der Waals surface area (Å²) in [6.07, 6.45) is 1.57. The highest BCUT2D eigenvalue weighted by Crippen LogP contribution is 2.29. The minimum atomic E-state index is -0.116. The number of rotatable bonds is 3. The number of hydrogen-bond donors (Lipinski definition) is 0. The van der Waals surface area contributed by atoms with Crippen molar-refractivity contribution in [3.63, 3.8) is 0 Å². The third-order valence-corrected chi connectivity index (χ3v) is 4.72. The molecule has 0 radical (unpaired) electrons. The molecule has 3 heterocycles. The van der Waals surface area contributed by atoms with Gasteiger partial charge in [-0.3, -0.25) is 4.79 Å². The molecule has 1 aromatic carbocycles. The van der Waals surface area contributed by atoms with Gasteiger partial charge < -0.3 is 13.9 Å². The summed E-state index contributed by atoms with van der Waals surface area (Å²) in [6, 6.07) is 9.71. The topological polar surface area (TPSA) is 85.3 Å². The highest BCUT2D eigenvalue weighted by molar-refractivity contribution is 5.91. The second-order valence-electron chi connectivity index (χ2n) is 6.72. The van der Waals surface area contributed by atoms with Gasteiger partial charge >= 0.3 is 0 Å². The fourth-order valence-electron chi connectivity index (χ4n) is 3.17. The van der Waals surface area contributed by atoms with Crippen LogP contribution in [0.5, 0.6) is 0 Å².